The second-order valence-electron chi connectivity index (χ2n) is 6.16. The van der Waals surface area contributed by atoms with Gasteiger partial charge in [0.1, 0.15) is 5.75 Å². The molecule has 1 heterocycles. The maximum absolute atomic E-state index is 5.85. The van der Waals surface area contributed by atoms with Crippen molar-refractivity contribution in [1.82, 2.24) is 15.5 Å². The Labute approximate surface area is 148 Å². The molecule has 1 N–H and O–H groups in total. The van der Waals surface area contributed by atoms with Crippen molar-refractivity contribution in [3.05, 3.63) is 65.5 Å². The Balaban J connectivity index is 1.73. The predicted molar refractivity (Wildman–Crippen MR) is 97.4 cm³/mol. The molecule has 130 valence electrons. The lowest BCUT2D eigenvalue weighted by molar-refractivity contribution is 0.375. The van der Waals surface area contributed by atoms with Crippen LogP contribution < -0.4 is 10.1 Å². The van der Waals surface area contributed by atoms with Gasteiger partial charge >= 0.3 is 0 Å². The van der Waals surface area contributed by atoms with Crippen molar-refractivity contribution in [1.29, 1.82) is 0 Å². The van der Waals surface area contributed by atoms with Gasteiger partial charge in [0.05, 0.1) is 13.2 Å². The van der Waals surface area contributed by atoms with Gasteiger partial charge in [-0.3, -0.25) is 5.32 Å². The maximum Gasteiger partial charge on any atom is 0.247 e. The third-order valence-corrected chi connectivity index (χ3v) is 4.22. The van der Waals surface area contributed by atoms with Crippen LogP contribution in [0.15, 0.2) is 52.9 Å². The summed E-state index contributed by atoms with van der Waals surface area (Å²) < 4.78 is 11.3. The largest absolute Gasteiger partial charge is 0.496 e. The van der Waals surface area contributed by atoms with Crippen LogP contribution in [0.3, 0.4) is 0 Å². The Morgan fingerprint density at radius 1 is 0.960 bits per heavy atom. The monoisotopic (exact) mass is 337 g/mol. The molecule has 0 aliphatic carbocycles. The Bertz CT molecular complexity index is 827. The van der Waals surface area contributed by atoms with E-state index in [1.807, 2.05) is 56.3 Å². The third-order valence-electron chi connectivity index (χ3n) is 4.22. The molecule has 0 saturated heterocycles. The molecule has 25 heavy (non-hydrogen) atoms. The summed E-state index contributed by atoms with van der Waals surface area (Å²) in [5, 5.41) is 11.8. The van der Waals surface area contributed by atoms with E-state index in [2.05, 4.69) is 28.5 Å². The lowest BCUT2D eigenvalue weighted by Crippen LogP contribution is -2.23. The van der Waals surface area contributed by atoms with Gasteiger partial charge in [0.15, 0.2) is 0 Å². The first kappa shape index (κ1) is 17.2. The fourth-order valence-corrected chi connectivity index (χ4v) is 2.78. The van der Waals surface area contributed by atoms with Crippen LogP contribution in [0.5, 0.6) is 5.75 Å². The van der Waals surface area contributed by atoms with Crippen molar-refractivity contribution in [3.63, 3.8) is 0 Å². The second-order valence-corrected chi connectivity index (χ2v) is 6.16. The SMILES string of the molecule is COc1ccccc1C(C)NC(C)c1nnc(-c2ccc(C)cc2)o1. The van der Waals surface area contributed by atoms with Crippen LogP contribution in [0.2, 0.25) is 0 Å². The van der Waals surface area contributed by atoms with Crippen molar-refractivity contribution in [2.24, 2.45) is 0 Å². The number of methoxy groups -OCH3 is 1. The molecule has 0 saturated carbocycles. The summed E-state index contributed by atoms with van der Waals surface area (Å²) in [6.45, 7) is 6.15. The minimum Gasteiger partial charge on any atom is -0.496 e. The average Bonchev–Trinajstić information content (AvgIpc) is 3.12. The van der Waals surface area contributed by atoms with E-state index in [9.17, 15) is 0 Å². The second kappa shape index (κ2) is 7.49. The van der Waals surface area contributed by atoms with Crippen molar-refractivity contribution in [3.8, 4) is 17.2 Å². The molecule has 0 aliphatic heterocycles. The van der Waals surface area contributed by atoms with Gasteiger partial charge in [0.25, 0.3) is 0 Å². The predicted octanol–water partition coefficient (Wildman–Crippen LogP) is 4.47. The molecule has 2 aromatic carbocycles. The van der Waals surface area contributed by atoms with Gasteiger partial charge in [-0.2, -0.15) is 0 Å². The average molecular weight is 337 g/mol. The molecule has 0 fully saturated rings. The molecule has 3 aromatic rings. The Hall–Kier alpha value is -2.66. The highest BCUT2D eigenvalue weighted by atomic mass is 16.5. The lowest BCUT2D eigenvalue weighted by atomic mass is 10.1. The van der Waals surface area contributed by atoms with Crippen molar-refractivity contribution >= 4 is 0 Å². The summed E-state index contributed by atoms with van der Waals surface area (Å²) >= 11 is 0. The van der Waals surface area contributed by atoms with E-state index < -0.39 is 0 Å². The fraction of sp³-hybridized carbons (Fsp3) is 0.300. The highest BCUT2D eigenvalue weighted by molar-refractivity contribution is 5.52. The number of benzene rings is 2. The van der Waals surface area contributed by atoms with E-state index >= 15 is 0 Å². The molecule has 5 heteroatoms. The topological polar surface area (TPSA) is 60.2 Å². The molecule has 0 bridgehead atoms. The maximum atomic E-state index is 5.85. The van der Waals surface area contributed by atoms with Crippen LogP contribution in [0.4, 0.5) is 0 Å². The van der Waals surface area contributed by atoms with Crippen molar-refractivity contribution in [2.45, 2.75) is 32.9 Å². The van der Waals surface area contributed by atoms with E-state index in [4.69, 9.17) is 9.15 Å². The van der Waals surface area contributed by atoms with Gasteiger partial charge in [-0.1, -0.05) is 35.9 Å². The molecule has 0 amide bonds. The Kier molecular flexibility index (Phi) is 5.14. The zero-order valence-corrected chi connectivity index (χ0v) is 15.0. The van der Waals surface area contributed by atoms with Crippen LogP contribution in [0.1, 0.15) is 42.9 Å². The van der Waals surface area contributed by atoms with E-state index in [0.29, 0.717) is 11.8 Å². The number of rotatable bonds is 6. The molecule has 0 aliphatic rings. The highest BCUT2D eigenvalue weighted by Crippen LogP contribution is 2.27. The van der Waals surface area contributed by atoms with Gasteiger partial charge in [0.2, 0.25) is 11.8 Å². The summed E-state index contributed by atoms with van der Waals surface area (Å²) in [5.41, 5.74) is 3.22. The van der Waals surface area contributed by atoms with Gasteiger partial charge < -0.3 is 9.15 Å². The number of para-hydroxylation sites is 1. The van der Waals surface area contributed by atoms with E-state index in [-0.39, 0.29) is 12.1 Å². The van der Waals surface area contributed by atoms with Gasteiger partial charge in [-0.25, -0.2) is 0 Å². The molecule has 3 rings (SSSR count). The summed E-state index contributed by atoms with van der Waals surface area (Å²) in [6.07, 6.45) is 0. The number of hydrogen-bond acceptors (Lipinski definition) is 5. The standard InChI is InChI=1S/C20H23N3O2/c1-13-9-11-16(12-10-13)20-23-22-19(25-20)15(3)21-14(2)17-7-5-6-8-18(17)24-4/h5-12,14-15,21H,1-4H3. The summed E-state index contributed by atoms with van der Waals surface area (Å²) in [7, 11) is 1.68. The zero-order valence-electron chi connectivity index (χ0n) is 15.0. The number of nitrogens with one attached hydrogen (secondary N) is 1. The van der Waals surface area contributed by atoms with Gasteiger partial charge in [-0.15, -0.1) is 10.2 Å². The normalized spacial score (nSPS) is 13.4. The van der Waals surface area contributed by atoms with Crippen LogP contribution in [-0.4, -0.2) is 17.3 Å². The minimum absolute atomic E-state index is 0.0772. The van der Waals surface area contributed by atoms with Crippen molar-refractivity contribution < 1.29 is 9.15 Å². The summed E-state index contributed by atoms with van der Waals surface area (Å²) in [6, 6.07) is 16.0. The smallest absolute Gasteiger partial charge is 0.247 e. The lowest BCUT2D eigenvalue weighted by Gasteiger charge is -2.20. The number of nitrogens with zero attached hydrogens (tertiary/aromatic N) is 2. The first-order valence-electron chi connectivity index (χ1n) is 8.38. The highest BCUT2D eigenvalue weighted by Gasteiger charge is 2.19. The first-order valence-corrected chi connectivity index (χ1v) is 8.38. The van der Waals surface area contributed by atoms with Crippen LogP contribution >= 0.6 is 0 Å². The quantitative estimate of drug-likeness (QED) is 0.719. The van der Waals surface area contributed by atoms with Crippen LogP contribution in [0.25, 0.3) is 11.5 Å². The number of ether oxygens (including phenoxy) is 1. The number of aryl methyl sites for hydroxylation is 1. The van der Waals surface area contributed by atoms with Crippen LogP contribution in [0, 0.1) is 6.92 Å². The fourth-order valence-electron chi connectivity index (χ4n) is 2.78. The molecular weight excluding hydrogens is 314 g/mol. The molecule has 5 nitrogen and oxygen atoms in total. The number of aromatic nitrogens is 2. The van der Waals surface area contributed by atoms with E-state index in [1.165, 1.54) is 5.56 Å². The van der Waals surface area contributed by atoms with Crippen molar-refractivity contribution in [2.75, 3.05) is 7.11 Å². The molecule has 1 aromatic heterocycles. The molecule has 0 radical (unpaired) electrons. The van der Waals surface area contributed by atoms with E-state index in [0.717, 1.165) is 16.9 Å². The first-order chi connectivity index (χ1) is 12.1. The molecule has 0 spiro atoms. The molecule has 2 atom stereocenters. The third kappa shape index (κ3) is 3.88. The Morgan fingerprint density at radius 2 is 1.68 bits per heavy atom. The minimum atomic E-state index is -0.0772. The van der Waals surface area contributed by atoms with Crippen LogP contribution in [-0.2, 0) is 0 Å². The molecular formula is C20H23N3O2. The zero-order chi connectivity index (χ0) is 17.8. The number of hydrogen-bond donors (Lipinski definition) is 1. The van der Waals surface area contributed by atoms with Gasteiger partial charge in [0, 0.05) is 17.2 Å². The van der Waals surface area contributed by atoms with Gasteiger partial charge in [-0.05, 0) is 39.0 Å². The van der Waals surface area contributed by atoms with E-state index in [1.54, 1.807) is 7.11 Å². The summed E-state index contributed by atoms with van der Waals surface area (Å²) in [5.74, 6) is 1.96. The molecule has 2 unspecified atom stereocenters. The summed E-state index contributed by atoms with van der Waals surface area (Å²) in [4.78, 5) is 0. The Morgan fingerprint density at radius 3 is 2.40 bits per heavy atom.